The largest absolute Gasteiger partial charge is 0.493 e. The normalized spacial score (nSPS) is 27.5. The van der Waals surface area contributed by atoms with Gasteiger partial charge in [0.2, 0.25) is 0 Å². The summed E-state index contributed by atoms with van der Waals surface area (Å²) >= 11 is 0. The number of hydrogen-bond donors (Lipinski definition) is 0. The van der Waals surface area contributed by atoms with Gasteiger partial charge in [-0.15, -0.1) is 0 Å². The van der Waals surface area contributed by atoms with E-state index in [0.717, 1.165) is 5.57 Å². The maximum Gasteiger partial charge on any atom is 0.181 e. The number of carbonyl (C=O) groups is 1. The van der Waals surface area contributed by atoms with Crippen molar-refractivity contribution in [2.45, 2.75) is 0 Å². The molecule has 0 spiro atoms. The van der Waals surface area contributed by atoms with Crippen molar-refractivity contribution in [3.63, 3.8) is 0 Å². The number of rotatable bonds is 0. The van der Waals surface area contributed by atoms with Gasteiger partial charge in [0.15, 0.2) is 5.78 Å². The maximum atomic E-state index is 11.2. The number of Topliss-reactive ketones (excluding diaryl/α,β-unsaturated/α-hetero) is 1. The average Bonchev–Trinajstić information content (AvgIpc) is 2.06. The highest BCUT2D eigenvalue weighted by Gasteiger charge is 2.23. The molecule has 2 nitrogen and oxygen atoms in total. The summed E-state index contributed by atoms with van der Waals surface area (Å²) in [6.07, 6.45) is 9.26. The van der Waals surface area contributed by atoms with Gasteiger partial charge in [0.05, 0.1) is 12.2 Å². The van der Waals surface area contributed by atoms with Crippen molar-refractivity contribution >= 4 is 5.78 Å². The summed E-state index contributed by atoms with van der Waals surface area (Å²) in [5, 5.41) is 0. The summed E-state index contributed by atoms with van der Waals surface area (Å²) in [5.74, 6) is 0.0943. The van der Waals surface area contributed by atoms with E-state index in [1.807, 2.05) is 24.3 Å². The molecule has 1 aliphatic heterocycles. The molecular formula is C9H8O2. The van der Waals surface area contributed by atoms with Gasteiger partial charge < -0.3 is 4.74 Å². The average molecular weight is 148 g/mol. The Hall–Kier alpha value is -1.31. The van der Waals surface area contributed by atoms with Crippen molar-refractivity contribution < 1.29 is 9.53 Å². The molecule has 1 aliphatic carbocycles. The second-order valence-electron chi connectivity index (χ2n) is 2.62. The number of fused-ring (bicyclic) bond motifs is 1. The third-order valence-corrected chi connectivity index (χ3v) is 1.85. The van der Waals surface area contributed by atoms with E-state index in [1.165, 1.54) is 0 Å². The van der Waals surface area contributed by atoms with E-state index in [1.54, 1.807) is 6.26 Å². The summed E-state index contributed by atoms with van der Waals surface area (Å²) in [4.78, 5) is 11.2. The van der Waals surface area contributed by atoms with Gasteiger partial charge in [-0.2, -0.15) is 0 Å². The molecule has 0 bridgehead atoms. The lowest BCUT2D eigenvalue weighted by Gasteiger charge is -2.19. The molecule has 0 N–H and O–H groups in total. The SMILES string of the molecule is O=C1COC=C2C=CC=CC12. The van der Waals surface area contributed by atoms with E-state index in [2.05, 4.69) is 0 Å². The van der Waals surface area contributed by atoms with Gasteiger partial charge in [0.25, 0.3) is 0 Å². The zero-order valence-electron chi connectivity index (χ0n) is 5.99. The van der Waals surface area contributed by atoms with Gasteiger partial charge >= 0.3 is 0 Å². The first-order chi connectivity index (χ1) is 5.38. The highest BCUT2D eigenvalue weighted by molar-refractivity contribution is 5.88. The van der Waals surface area contributed by atoms with Gasteiger partial charge in [0.1, 0.15) is 6.61 Å². The van der Waals surface area contributed by atoms with Crippen molar-refractivity contribution in [3.8, 4) is 0 Å². The summed E-state index contributed by atoms with van der Waals surface area (Å²) in [7, 11) is 0. The molecule has 0 aromatic rings. The van der Waals surface area contributed by atoms with Gasteiger partial charge in [-0.05, 0) is 0 Å². The Morgan fingerprint density at radius 3 is 3.18 bits per heavy atom. The second-order valence-corrected chi connectivity index (χ2v) is 2.62. The molecule has 0 radical (unpaired) electrons. The lowest BCUT2D eigenvalue weighted by atomic mass is 9.91. The van der Waals surface area contributed by atoms with Crippen LogP contribution in [0.5, 0.6) is 0 Å². The van der Waals surface area contributed by atoms with Crippen molar-refractivity contribution in [3.05, 3.63) is 36.1 Å². The van der Waals surface area contributed by atoms with E-state index >= 15 is 0 Å². The Kier molecular flexibility index (Phi) is 1.39. The van der Waals surface area contributed by atoms with E-state index in [-0.39, 0.29) is 18.3 Å². The third kappa shape index (κ3) is 1.00. The van der Waals surface area contributed by atoms with Crippen molar-refractivity contribution in [1.82, 2.24) is 0 Å². The van der Waals surface area contributed by atoms with Crippen LogP contribution in [0, 0.1) is 5.92 Å². The Morgan fingerprint density at radius 2 is 2.36 bits per heavy atom. The minimum atomic E-state index is -0.0475. The standard InChI is InChI=1S/C9H8O2/c10-9-6-11-5-7-3-1-2-4-8(7)9/h1-5,8H,6H2. The zero-order chi connectivity index (χ0) is 7.68. The molecule has 0 aromatic heterocycles. The molecule has 1 heterocycles. The van der Waals surface area contributed by atoms with Crippen molar-refractivity contribution in [2.24, 2.45) is 5.92 Å². The molecule has 11 heavy (non-hydrogen) atoms. The Bertz CT molecular complexity index is 271. The fourth-order valence-corrected chi connectivity index (χ4v) is 1.27. The van der Waals surface area contributed by atoms with Crippen LogP contribution in [-0.4, -0.2) is 12.4 Å². The first-order valence-electron chi connectivity index (χ1n) is 3.57. The molecule has 0 amide bonds. The van der Waals surface area contributed by atoms with Crippen LogP contribution in [0.25, 0.3) is 0 Å². The first kappa shape index (κ1) is 6.40. The minimum absolute atomic E-state index is 0.0475. The van der Waals surface area contributed by atoms with Gasteiger partial charge in [0, 0.05) is 5.57 Å². The van der Waals surface area contributed by atoms with E-state index < -0.39 is 0 Å². The number of hydrogen-bond acceptors (Lipinski definition) is 2. The Labute approximate surface area is 64.9 Å². The van der Waals surface area contributed by atoms with Crippen LogP contribution in [-0.2, 0) is 9.53 Å². The highest BCUT2D eigenvalue weighted by atomic mass is 16.5. The number of allylic oxidation sites excluding steroid dienone is 5. The summed E-state index contributed by atoms with van der Waals surface area (Å²) < 4.78 is 4.95. The van der Waals surface area contributed by atoms with Crippen molar-refractivity contribution in [1.29, 1.82) is 0 Å². The van der Waals surface area contributed by atoms with Crippen molar-refractivity contribution in [2.75, 3.05) is 6.61 Å². The molecule has 2 rings (SSSR count). The first-order valence-corrected chi connectivity index (χ1v) is 3.57. The van der Waals surface area contributed by atoms with Gasteiger partial charge in [-0.1, -0.05) is 24.3 Å². The van der Waals surface area contributed by atoms with Crippen LogP contribution in [0.4, 0.5) is 0 Å². The molecule has 0 aromatic carbocycles. The number of ketones is 1. The Morgan fingerprint density at radius 1 is 1.45 bits per heavy atom. The highest BCUT2D eigenvalue weighted by Crippen LogP contribution is 2.22. The molecule has 2 heteroatoms. The maximum absolute atomic E-state index is 11.2. The second kappa shape index (κ2) is 2.38. The summed E-state index contributed by atoms with van der Waals surface area (Å²) in [5.41, 5.74) is 0.962. The quantitative estimate of drug-likeness (QED) is 0.516. The Balaban J connectivity index is 2.36. The zero-order valence-corrected chi connectivity index (χ0v) is 5.99. The van der Waals surface area contributed by atoms with Crippen LogP contribution >= 0.6 is 0 Å². The smallest absolute Gasteiger partial charge is 0.181 e. The summed E-state index contributed by atoms with van der Waals surface area (Å²) in [6.45, 7) is 0.215. The van der Waals surface area contributed by atoms with E-state index in [9.17, 15) is 4.79 Å². The van der Waals surface area contributed by atoms with Crippen LogP contribution in [0.1, 0.15) is 0 Å². The van der Waals surface area contributed by atoms with Gasteiger partial charge in [-0.3, -0.25) is 4.79 Å². The molecule has 0 saturated heterocycles. The fourth-order valence-electron chi connectivity index (χ4n) is 1.27. The molecule has 56 valence electrons. The lowest BCUT2D eigenvalue weighted by Crippen LogP contribution is -2.23. The van der Waals surface area contributed by atoms with Crippen LogP contribution in [0.2, 0.25) is 0 Å². The number of carbonyl (C=O) groups excluding carboxylic acids is 1. The fraction of sp³-hybridized carbons (Fsp3) is 0.222. The molecule has 0 saturated carbocycles. The summed E-state index contributed by atoms with van der Waals surface area (Å²) in [6, 6.07) is 0. The molecule has 2 aliphatic rings. The van der Waals surface area contributed by atoms with Crippen LogP contribution in [0.15, 0.2) is 36.1 Å². The molecule has 1 unspecified atom stereocenters. The van der Waals surface area contributed by atoms with Gasteiger partial charge in [-0.25, -0.2) is 0 Å². The molecular weight excluding hydrogens is 140 g/mol. The van der Waals surface area contributed by atoms with Crippen LogP contribution < -0.4 is 0 Å². The predicted octanol–water partition coefficient (Wildman–Crippen LogP) is 1.21. The predicted molar refractivity (Wildman–Crippen MR) is 40.8 cm³/mol. The van der Waals surface area contributed by atoms with E-state index in [0.29, 0.717) is 0 Å². The van der Waals surface area contributed by atoms with E-state index in [4.69, 9.17) is 4.74 Å². The topological polar surface area (TPSA) is 26.3 Å². The van der Waals surface area contributed by atoms with Crippen LogP contribution in [0.3, 0.4) is 0 Å². The third-order valence-electron chi connectivity index (χ3n) is 1.85. The number of ether oxygens (including phenoxy) is 1. The monoisotopic (exact) mass is 148 g/mol. The molecule has 0 fully saturated rings. The minimum Gasteiger partial charge on any atom is -0.493 e. The molecule has 1 atom stereocenters. The lowest BCUT2D eigenvalue weighted by molar-refractivity contribution is -0.124.